The predicted molar refractivity (Wildman–Crippen MR) is 195 cm³/mol. The Bertz CT molecular complexity index is 2720. The standard InChI is InChI=1S/C43H26N4O/c1-3-13-27(14-4-1)41-44-42(28-15-5-2-6-16-28)46-43(45-41)33-23-24-37(47-35-21-11-9-19-31(35)32-20-10-12-22-36(32)47)40-39(33)34-25-29-17-7-8-18-30(29)26-38(34)48-40/h1-26H. The van der Waals surface area contributed by atoms with Gasteiger partial charge in [0.25, 0.3) is 0 Å². The number of rotatable bonds is 4. The lowest BCUT2D eigenvalue weighted by atomic mass is 10.0. The molecular formula is C43H26N4O. The maximum absolute atomic E-state index is 6.91. The number of aromatic nitrogens is 4. The average Bonchev–Trinajstić information content (AvgIpc) is 3.70. The summed E-state index contributed by atoms with van der Waals surface area (Å²) >= 11 is 0. The van der Waals surface area contributed by atoms with Crippen molar-refractivity contribution in [3.63, 3.8) is 0 Å². The Hall–Kier alpha value is -6.59. The number of fused-ring (bicyclic) bond motifs is 7. The average molecular weight is 615 g/mol. The molecule has 5 heteroatoms. The van der Waals surface area contributed by atoms with Gasteiger partial charge in [-0.1, -0.05) is 121 Å². The fraction of sp³-hybridized carbons (Fsp3) is 0. The van der Waals surface area contributed by atoms with Gasteiger partial charge < -0.3 is 8.98 Å². The smallest absolute Gasteiger partial charge is 0.164 e. The van der Waals surface area contributed by atoms with Crippen molar-refractivity contribution >= 4 is 54.5 Å². The molecule has 0 unspecified atom stereocenters. The minimum absolute atomic E-state index is 0.595. The molecular weight excluding hydrogens is 589 g/mol. The summed E-state index contributed by atoms with van der Waals surface area (Å²) in [6, 6.07) is 54.4. The zero-order valence-electron chi connectivity index (χ0n) is 25.7. The molecule has 0 bridgehead atoms. The first-order chi connectivity index (χ1) is 23.8. The second-order valence-corrected chi connectivity index (χ2v) is 12.0. The Labute approximate surface area is 275 Å². The van der Waals surface area contributed by atoms with Crippen LogP contribution in [0.1, 0.15) is 0 Å². The van der Waals surface area contributed by atoms with Crippen molar-refractivity contribution in [3.8, 4) is 39.9 Å². The van der Waals surface area contributed by atoms with Crippen molar-refractivity contribution in [1.82, 2.24) is 19.5 Å². The Morgan fingerprint density at radius 2 is 0.958 bits per heavy atom. The number of furan rings is 1. The van der Waals surface area contributed by atoms with E-state index in [1.165, 1.54) is 10.8 Å². The number of para-hydroxylation sites is 2. The third-order valence-corrected chi connectivity index (χ3v) is 9.23. The first-order valence-electron chi connectivity index (χ1n) is 16.0. The van der Waals surface area contributed by atoms with Crippen LogP contribution < -0.4 is 0 Å². The molecule has 0 aliphatic heterocycles. The van der Waals surface area contributed by atoms with Crippen LogP contribution >= 0.6 is 0 Å². The van der Waals surface area contributed by atoms with Crippen molar-refractivity contribution in [2.24, 2.45) is 0 Å². The number of hydrogen-bond acceptors (Lipinski definition) is 4. The topological polar surface area (TPSA) is 56.7 Å². The molecule has 7 aromatic carbocycles. The lowest BCUT2D eigenvalue weighted by Crippen LogP contribution is -2.01. The molecule has 0 spiro atoms. The summed E-state index contributed by atoms with van der Waals surface area (Å²) in [4.78, 5) is 15.2. The van der Waals surface area contributed by atoms with Crippen LogP contribution in [0.5, 0.6) is 0 Å². The van der Waals surface area contributed by atoms with Crippen molar-refractivity contribution in [3.05, 3.63) is 158 Å². The minimum atomic E-state index is 0.595. The van der Waals surface area contributed by atoms with Gasteiger partial charge in [-0.15, -0.1) is 0 Å². The molecule has 10 rings (SSSR count). The van der Waals surface area contributed by atoms with Crippen molar-refractivity contribution < 1.29 is 4.42 Å². The number of hydrogen-bond donors (Lipinski definition) is 0. The summed E-state index contributed by atoms with van der Waals surface area (Å²) in [6.07, 6.45) is 0. The second kappa shape index (κ2) is 10.5. The molecule has 0 radical (unpaired) electrons. The van der Waals surface area contributed by atoms with Gasteiger partial charge in [0, 0.05) is 38.2 Å². The molecule has 3 heterocycles. The Kier molecular flexibility index (Phi) is 5.81. The molecule has 10 aromatic rings. The van der Waals surface area contributed by atoms with Gasteiger partial charge in [-0.2, -0.15) is 0 Å². The molecule has 0 fully saturated rings. The second-order valence-electron chi connectivity index (χ2n) is 12.0. The van der Waals surface area contributed by atoms with Crippen molar-refractivity contribution in [2.75, 3.05) is 0 Å². The molecule has 0 saturated carbocycles. The summed E-state index contributed by atoms with van der Waals surface area (Å²) in [5.41, 5.74) is 7.56. The Balaban J connectivity index is 1.33. The Morgan fingerprint density at radius 1 is 0.438 bits per heavy atom. The first-order valence-corrected chi connectivity index (χ1v) is 16.0. The summed E-state index contributed by atoms with van der Waals surface area (Å²) in [7, 11) is 0. The highest BCUT2D eigenvalue weighted by Crippen LogP contribution is 2.43. The van der Waals surface area contributed by atoms with E-state index in [4.69, 9.17) is 19.4 Å². The highest BCUT2D eigenvalue weighted by atomic mass is 16.3. The van der Waals surface area contributed by atoms with E-state index in [1.807, 2.05) is 60.7 Å². The summed E-state index contributed by atoms with van der Waals surface area (Å²) in [5.74, 6) is 1.84. The van der Waals surface area contributed by atoms with Gasteiger partial charge in [0.15, 0.2) is 23.1 Å². The van der Waals surface area contributed by atoms with E-state index < -0.39 is 0 Å². The van der Waals surface area contributed by atoms with Crippen LogP contribution in [0.2, 0.25) is 0 Å². The lowest BCUT2D eigenvalue weighted by Gasteiger charge is -2.12. The molecule has 3 aromatic heterocycles. The fourth-order valence-electron chi connectivity index (χ4n) is 7.03. The third-order valence-electron chi connectivity index (χ3n) is 9.23. The fourth-order valence-corrected chi connectivity index (χ4v) is 7.03. The van der Waals surface area contributed by atoms with E-state index in [-0.39, 0.29) is 0 Å². The molecule has 0 atom stereocenters. The monoisotopic (exact) mass is 614 g/mol. The summed E-state index contributed by atoms with van der Waals surface area (Å²) in [6.45, 7) is 0. The van der Waals surface area contributed by atoms with Gasteiger partial charge in [-0.05, 0) is 47.2 Å². The van der Waals surface area contributed by atoms with E-state index in [1.54, 1.807) is 0 Å². The van der Waals surface area contributed by atoms with Crippen molar-refractivity contribution in [1.29, 1.82) is 0 Å². The minimum Gasteiger partial charge on any atom is -0.454 e. The van der Waals surface area contributed by atoms with Gasteiger partial charge in [0.2, 0.25) is 0 Å². The quantitative estimate of drug-likeness (QED) is 0.198. The van der Waals surface area contributed by atoms with Crippen LogP contribution in [0.4, 0.5) is 0 Å². The van der Waals surface area contributed by atoms with Gasteiger partial charge in [0.05, 0.1) is 16.7 Å². The molecule has 0 N–H and O–H groups in total. The van der Waals surface area contributed by atoms with E-state index >= 15 is 0 Å². The summed E-state index contributed by atoms with van der Waals surface area (Å²) in [5, 5.41) is 6.66. The molecule has 0 saturated heterocycles. The normalized spacial score (nSPS) is 11.8. The first kappa shape index (κ1) is 26.6. The molecule has 48 heavy (non-hydrogen) atoms. The maximum Gasteiger partial charge on any atom is 0.164 e. The summed E-state index contributed by atoms with van der Waals surface area (Å²) < 4.78 is 9.23. The van der Waals surface area contributed by atoms with E-state index in [0.29, 0.717) is 17.5 Å². The lowest BCUT2D eigenvalue weighted by molar-refractivity contribution is 0.667. The van der Waals surface area contributed by atoms with Crippen molar-refractivity contribution in [2.45, 2.75) is 0 Å². The van der Waals surface area contributed by atoms with Gasteiger partial charge >= 0.3 is 0 Å². The number of nitrogens with zero attached hydrogens (tertiary/aromatic N) is 4. The molecule has 224 valence electrons. The van der Waals surface area contributed by atoms with Crippen LogP contribution in [0, 0.1) is 0 Å². The zero-order valence-corrected chi connectivity index (χ0v) is 25.7. The van der Waals surface area contributed by atoms with Crippen LogP contribution in [-0.2, 0) is 0 Å². The molecule has 0 aliphatic carbocycles. The van der Waals surface area contributed by atoms with Gasteiger partial charge in [0.1, 0.15) is 5.58 Å². The SMILES string of the molecule is c1ccc(-c2nc(-c3ccccc3)nc(-c3ccc(-n4c5ccccc5c5ccccc54)c4oc5cc6ccccc6cc5c34)n2)cc1. The van der Waals surface area contributed by atoms with Crippen LogP contribution in [-0.4, -0.2) is 19.5 Å². The van der Waals surface area contributed by atoms with Gasteiger partial charge in [-0.3, -0.25) is 0 Å². The largest absolute Gasteiger partial charge is 0.454 e. The number of benzene rings is 7. The highest BCUT2D eigenvalue weighted by Gasteiger charge is 2.23. The molecule has 0 amide bonds. The van der Waals surface area contributed by atoms with Crippen LogP contribution in [0.15, 0.2) is 162 Å². The third kappa shape index (κ3) is 4.08. The van der Waals surface area contributed by atoms with Gasteiger partial charge in [-0.25, -0.2) is 15.0 Å². The predicted octanol–water partition coefficient (Wildman–Crippen LogP) is 11.0. The highest BCUT2D eigenvalue weighted by molar-refractivity contribution is 6.18. The zero-order chi connectivity index (χ0) is 31.6. The molecule has 5 nitrogen and oxygen atoms in total. The molecule has 0 aliphatic rings. The van der Waals surface area contributed by atoms with E-state index in [2.05, 4.69) is 102 Å². The Morgan fingerprint density at radius 3 is 1.58 bits per heavy atom. The van der Waals surface area contributed by atoms with Crippen LogP contribution in [0.25, 0.3) is 94.4 Å². The van der Waals surface area contributed by atoms with Crippen LogP contribution in [0.3, 0.4) is 0 Å². The maximum atomic E-state index is 6.91. The van der Waals surface area contributed by atoms with E-state index in [0.717, 1.165) is 66.1 Å². The van der Waals surface area contributed by atoms with E-state index in [9.17, 15) is 0 Å².